The summed E-state index contributed by atoms with van der Waals surface area (Å²) in [7, 11) is 0. The van der Waals surface area contributed by atoms with Crippen LogP contribution in [0.2, 0.25) is 0 Å². The minimum Gasteiger partial charge on any atom is -0.383 e. The molecule has 0 bridgehead atoms. The number of amidine groups is 1. The van der Waals surface area contributed by atoms with Crippen LogP contribution in [0.15, 0.2) is 36.4 Å². The Morgan fingerprint density at radius 3 is 2.63 bits per heavy atom. The predicted octanol–water partition coefficient (Wildman–Crippen LogP) is 3.37. The van der Waals surface area contributed by atoms with Crippen molar-refractivity contribution in [2.75, 3.05) is 0 Å². The molecule has 0 fully saturated rings. The van der Waals surface area contributed by atoms with Gasteiger partial charge < -0.3 is 11.5 Å². The number of hydrogen-bond acceptors (Lipinski definition) is 4. The van der Waals surface area contributed by atoms with Crippen molar-refractivity contribution < 1.29 is 0 Å². The highest BCUT2D eigenvalue weighted by Crippen LogP contribution is 2.33. The Hall–Kier alpha value is -1.69. The van der Waals surface area contributed by atoms with Gasteiger partial charge in [0, 0.05) is 21.0 Å². The van der Waals surface area contributed by atoms with Crippen LogP contribution in [0.3, 0.4) is 0 Å². The first-order valence-electron chi connectivity index (χ1n) is 5.84. The van der Waals surface area contributed by atoms with Crippen molar-refractivity contribution in [2.24, 2.45) is 11.5 Å². The molecule has 1 aromatic carbocycles. The quantitative estimate of drug-likeness (QED) is 0.510. The highest BCUT2D eigenvalue weighted by molar-refractivity contribution is 7.21. The molecule has 0 aliphatic heterocycles. The van der Waals surface area contributed by atoms with Gasteiger partial charge in [0.1, 0.15) is 5.84 Å². The highest BCUT2D eigenvalue weighted by Gasteiger charge is 2.07. The molecule has 3 nitrogen and oxygen atoms in total. The van der Waals surface area contributed by atoms with Crippen LogP contribution in [-0.4, -0.2) is 5.84 Å². The molecule has 3 rings (SSSR count). The number of fused-ring (bicyclic) bond motifs is 1. The minimum absolute atomic E-state index is 0.129. The molecular weight excluding hydrogens is 274 g/mol. The smallest absolute Gasteiger partial charge is 0.133 e. The Bertz CT molecular complexity index is 755. The first-order valence-corrected chi connectivity index (χ1v) is 7.48. The molecule has 0 unspecified atom stereocenters. The van der Waals surface area contributed by atoms with Crippen LogP contribution in [-0.2, 0) is 6.54 Å². The summed E-state index contributed by atoms with van der Waals surface area (Å²) in [4.78, 5) is 3.23. The molecule has 0 aliphatic carbocycles. The van der Waals surface area contributed by atoms with Gasteiger partial charge in [0.25, 0.3) is 0 Å². The molecular formula is C14H13N3S2. The number of nitrogen functional groups attached to an aromatic ring is 1. The zero-order valence-corrected chi connectivity index (χ0v) is 11.8. The standard InChI is InChI=1S/C14H13N3S2/c15-7-10-3-4-11(18-10)8-1-2-9-6-13(14(16)17)19-12(9)5-8/h1-6H,7,15H2,(H3,16,17). The van der Waals surface area contributed by atoms with E-state index in [4.69, 9.17) is 16.9 Å². The van der Waals surface area contributed by atoms with Crippen molar-refractivity contribution in [3.05, 3.63) is 46.2 Å². The second kappa shape index (κ2) is 4.77. The highest BCUT2D eigenvalue weighted by atomic mass is 32.1. The number of nitrogens with one attached hydrogen (secondary N) is 1. The molecule has 2 heterocycles. The lowest BCUT2D eigenvalue weighted by atomic mass is 10.1. The van der Waals surface area contributed by atoms with Gasteiger partial charge in [0.15, 0.2) is 0 Å². The Morgan fingerprint density at radius 2 is 1.95 bits per heavy atom. The summed E-state index contributed by atoms with van der Waals surface area (Å²) >= 11 is 3.28. The first kappa shape index (κ1) is 12.3. The van der Waals surface area contributed by atoms with E-state index in [0.29, 0.717) is 6.54 Å². The number of thiophene rings is 2. The third kappa shape index (κ3) is 2.28. The second-order valence-electron chi connectivity index (χ2n) is 4.25. The first-order chi connectivity index (χ1) is 9.17. The van der Waals surface area contributed by atoms with Crippen molar-refractivity contribution in [1.29, 1.82) is 5.41 Å². The molecule has 0 radical (unpaired) electrons. The van der Waals surface area contributed by atoms with Gasteiger partial charge in [0.2, 0.25) is 0 Å². The monoisotopic (exact) mass is 287 g/mol. The van der Waals surface area contributed by atoms with Crippen LogP contribution < -0.4 is 11.5 Å². The largest absolute Gasteiger partial charge is 0.383 e. The molecule has 3 aromatic rings. The molecule has 0 saturated carbocycles. The van der Waals surface area contributed by atoms with Crippen LogP contribution in [0.4, 0.5) is 0 Å². The summed E-state index contributed by atoms with van der Waals surface area (Å²) in [5.74, 6) is 0.129. The molecule has 0 atom stereocenters. The van der Waals surface area contributed by atoms with Gasteiger partial charge in [-0.15, -0.1) is 22.7 Å². The molecule has 2 aromatic heterocycles. The number of benzene rings is 1. The van der Waals surface area contributed by atoms with Crippen molar-refractivity contribution in [3.8, 4) is 10.4 Å². The number of hydrogen-bond donors (Lipinski definition) is 3. The van der Waals surface area contributed by atoms with Crippen LogP contribution in [0.5, 0.6) is 0 Å². The molecule has 5 N–H and O–H groups in total. The van der Waals surface area contributed by atoms with E-state index in [0.717, 1.165) is 15.0 Å². The van der Waals surface area contributed by atoms with Crippen LogP contribution in [0.25, 0.3) is 20.5 Å². The van der Waals surface area contributed by atoms with Gasteiger partial charge >= 0.3 is 0 Å². The van der Waals surface area contributed by atoms with Crippen LogP contribution in [0.1, 0.15) is 9.75 Å². The van der Waals surface area contributed by atoms with Crippen LogP contribution >= 0.6 is 22.7 Å². The second-order valence-corrected chi connectivity index (χ2v) is 6.50. The SMILES string of the molecule is N=C(N)c1cc2ccc(-c3ccc(CN)s3)cc2s1. The topological polar surface area (TPSA) is 75.9 Å². The normalized spacial score (nSPS) is 11.0. The van der Waals surface area contributed by atoms with E-state index in [-0.39, 0.29) is 5.84 Å². The lowest BCUT2D eigenvalue weighted by Crippen LogP contribution is -2.08. The molecule has 0 saturated heterocycles. The summed E-state index contributed by atoms with van der Waals surface area (Å²) in [5, 5.41) is 8.62. The van der Waals surface area contributed by atoms with Crippen molar-refractivity contribution in [1.82, 2.24) is 0 Å². The van der Waals surface area contributed by atoms with Gasteiger partial charge in [-0.2, -0.15) is 0 Å². The van der Waals surface area contributed by atoms with Crippen molar-refractivity contribution in [2.45, 2.75) is 6.54 Å². The van der Waals surface area contributed by atoms with E-state index in [1.807, 2.05) is 6.07 Å². The summed E-state index contributed by atoms with van der Waals surface area (Å²) in [5.41, 5.74) is 12.4. The fraction of sp³-hybridized carbons (Fsp3) is 0.0714. The molecule has 96 valence electrons. The lowest BCUT2D eigenvalue weighted by molar-refractivity contribution is 1.11. The third-order valence-electron chi connectivity index (χ3n) is 2.93. The number of rotatable bonds is 3. The molecule has 5 heteroatoms. The van der Waals surface area contributed by atoms with Crippen molar-refractivity contribution in [3.63, 3.8) is 0 Å². The van der Waals surface area contributed by atoms with Gasteiger partial charge in [-0.05, 0) is 35.2 Å². The van der Waals surface area contributed by atoms with Gasteiger partial charge in [-0.25, -0.2) is 0 Å². The van der Waals surface area contributed by atoms with E-state index >= 15 is 0 Å². The Kier molecular flexibility index (Phi) is 3.10. The Labute approximate surface area is 119 Å². The Morgan fingerprint density at radius 1 is 1.11 bits per heavy atom. The zero-order valence-electron chi connectivity index (χ0n) is 10.1. The lowest BCUT2D eigenvalue weighted by Gasteiger charge is -1.97. The van der Waals surface area contributed by atoms with E-state index in [9.17, 15) is 0 Å². The minimum atomic E-state index is 0.129. The fourth-order valence-corrected chi connectivity index (χ4v) is 3.81. The van der Waals surface area contributed by atoms with Gasteiger partial charge in [-0.1, -0.05) is 12.1 Å². The summed E-state index contributed by atoms with van der Waals surface area (Å²) in [6, 6.07) is 12.5. The molecule has 19 heavy (non-hydrogen) atoms. The average Bonchev–Trinajstić information content (AvgIpc) is 3.04. The fourth-order valence-electron chi connectivity index (χ4n) is 1.96. The molecule has 0 aliphatic rings. The van der Waals surface area contributed by atoms with Gasteiger partial charge in [-0.3, -0.25) is 5.41 Å². The maximum atomic E-state index is 7.49. The Balaban J connectivity index is 2.07. The van der Waals surface area contributed by atoms with E-state index < -0.39 is 0 Å². The number of nitrogens with two attached hydrogens (primary N) is 2. The predicted molar refractivity (Wildman–Crippen MR) is 84.0 cm³/mol. The summed E-state index contributed by atoms with van der Waals surface area (Å²) in [6.07, 6.45) is 0. The molecule has 0 amide bonds. The maximum Gasteiger partial charge on any atom is 0.133 e. The summed E-state index contributed by atoms with van der Waals surface area (Å²) in [6.45, 7) is 0.584. The van der Waals surface area contributed by atoms with Gasteiger partial charge in [0.05, 0.1) is 4.88 Å². The zero-order chi connectivity index (χ0) is 13.4. The summed E-state index contributed by atoms with van der Waals surface area (Å²) < 4.78 is 1.16. The van der Waals surface area contributed by atoms with E-state index in [1.54, 1.807) is 22.7 Å². The van der Waals surface area contributed by atoms with Crippen molar-refractivity contribution >= 4 is 38.6 Å². The maximum absolute atomic E-state index is 7.49. The third-order valence-corrected chi connectivity index (χ3v) is 5.22. The van der Waals surface area contributed by atoms with Crippen LogP contribution in [0, 0.1) is 5.41 Å². The van der Waals surface area contributed by atoms with E-state index in [1.165, 1.54) is 15.3 Å². The van der Waals surface area contributed by atoms with E-state index in [2.05, 4.69) is 30.3 Å². The molecule has 0 spiro atoms. The average molecular weight is 287 g/mol.